The predicted octanol–water partition coefficient (Wildman–Crippen LogP) is 5.81. The first-order valence-corrected chi connectivity index (χ1v) is 12.1. The van der Waals surface area contributed by atoms with Crippen LogP contribution in [-0.2, 0) is 9.53 Å². The average molecular weight is 478 g/mol. The molecule has 0 saturated heterocycles. The van der Waals surface area contributed by atoms with E-state index >= 15 is 0 Å². The van der Waals surface area contributed by atoms with Gasteiger partial charge in [0.05, 0.1) is 30.5 Å². The molecule has 1 heterocycles. The van der Waals surface area contributed by atoms with Crippen molar-refractivity contribution >= 4 is 34.0 Å². The molecule has 36 heavy (non-hydrogen) atoms. The molecule has 1 aliphatic heterocycles. The summed E-state index contributed by atoms with van der Waals surface area (Å²) in [6.07, 6.45) is 0.641. The molecule has 0 spiro atoms. The third kappa shape index (κ3) is 4.98. The smallest absolute Gasteiger partial charge is 0.338 e. The second kappa shape index (κ2) is 10.4. The van der Waals surface area contributed by atoms with Gasteiger partial charge in [0.25, 0.3) is 5.91 Å². The number of hydrazone groups is 1. The number of esters is 1. The van der Waals surface area contributed by atoms with Crippen molar-refractivity contribution in [1.82, 2.24) is 5.01 Å². The van der Waals surface area contributed by atoms with Crippen molar-refractivity contribution < 1.29 is 14.3 Å². The molecule has 4 aromatic carbocycles. The van der Waals surface area contributed by atoms with Gasteiger partial charge in [-0.1, -0.05) is 66.7 Å². The second-order valence-corrected chi connectivity index (χ2v) is 8.63. The zero-order valence-corrected chi connectivity index (χ0v) is 20.1. The Morgan fingerprint density at radius 2 is 1.64 bits per heavy atom. The molecule has 180 valence electrons. The predicted molar refractivity (Wildman–Crippen MR) is 142 cm³/mol. The molecular formula is C30H27N3O3. The number of benzene rings is 4. The number of rotatable bonds is 7. The van der Waals surface area contributed by atoms with E-state index in [1.54, 1.807) is 36.2 Å². The van der Waals surface area contributed by atoms with Crippen LogP contribution in [0, 0.1) is 0 Å². The summed E-state index contributed by atoms with van der Waals surface area (Å²) in [6, 6.07) is 31.2. The van der Waals surface area contributed by atoms with E-state index in [0.717, 1.165) is 27.9 Å². The van der Waals surface area contributed by atoms with E-state index in [1.165, 1.54) is 5.39 Å². The molecule has 1 atom stereocenters. The lowest BCUT2D eigenvalue weighted by Gasteiger charge is -2.22. The number of fused-ring (bicyclic) bond motifs is 1. The Bertz CT molecular complexity index is 1410. The van der Waals surface area contributed by atoms with Crippen LogP contribution >= 0.6 is 0 Å². The number of nitrogens with zero attached hydrogens (tertiary/aromatic N) is 2. The third-order valence-corrected chi connectivity index (χ3v) is 6.27. The molecule has 0 radical (unpaired) electrons. The fraction of sp³-hybridized carbons (Fsp3) is 0.167. The van der Waals surface area contributed by atoms with Gasteiger partial charge in [0.1, 0.15) is 0 Å². The van der Waals surface area contributed by atoms with Crippen LogP contribution in [0.4, 0.5) is 5.69 Å². The number of hydrogen-bond acceptors (Lipinski definition) is 5. The number of anilines is 1. The molecule has 0 saturated carbocycles. The van der Waals surface area contributed by atoms with E-state index in [2.05, 4.69) is 35.6 Å². The molecule has 1 N–H and O–H groups in total. The summed E-state index contributed by atoms with van der Waals surface area (Å²) in [5.41, 5.74) is 4.17. The first kappa shape index (κ1) is 23.3. The van der Waals surface area contributed by atoms with Gasteiger partial charge in [0, 0.05) is 12.1 Å². The molecule has 6 heteroatoms. The fourth-order valence-corrected chi connectivity index (χ4v) is 4.42. The second-order valence-electron chi connectivity index (χ2n) is 8.63. The minimum absolute atomic E-state index is 0.0799. The minimum atomic E-state index is -0.363. The molecule has 1 amide bonds. The molecule has 4 aromatic rings. The van der Waals surface area contributed by atoms with Crippen LogP contribution in [0.3, 0.4) is 0 Å². The Morgan fingerprint density at radius 1 is 0.917 bits per heavy atom. The third-order valence-electron chi connectivity index (χ3n) is 6.27. The van der Waals surface area contributed by atoms with Gasteiger partial charge in [-0.3, -0.25) is 4.79 Å². The van der Waals surface area contributed by atoms with Gasteiger partial charge in [0.2, 0.25) is 0 Å². The minimum Gasteiger partial charge on any atom is -0.462 e. The van der Waals surface area contributed by atoms with Crippen LogP contribution in [0.2, 0.25) is 0 Å². The highest BCUT2D eigenvalue weighted by atomic mass is 16.5. The Kier molecular flexibility index (Phi) is 6.76. The van der Waals surface area contributed by atoms with Crippen LogP contribution in [0.25, 0.3) is 10.8 Å². The molecule has 5 rings (SSSR count). The Hall–Kier alpha value is -4.45. The first-order valence-electron chi connectivity index (χ1n) is 12.1. The fourth-order valence-electron chi connectivity index (χ4n) is 4.42. The van der Waals surface area contributed by atoms with Gasteiger partial charge in [0.15, 0.2) is 0 Å². The first-order chi connectivity index (χ1) is 17.6. The van der Waals surface area contributed by atoms with Crippen molar-refractivity contribution in [3.63, 3.8) is 0 Å². The molecular weight excluding hydrogens is 450 g/mol. The Balaban J connectivity index is 1.35. The lowest BCUT2D eigenvalue weighted by Crippen LogP contribution is -2.32. The summed E-state index contributed by atoms with van der Waals surface area (Å²) in [6.45, 7) is 2.18. The van der Waals surface area contributed by atoms with Crippen molar-refractivity contribution in [1.29, 1.82) is 0 Å². The lowest BCUT2D eigenvalue weighted by atomic mass is 9.97. The van der Waals surface area contributed by atoms with Crippen molar-refractivity contribution in [3.8, 4) is 0 Å². The van der Waals surface area contributed by atoms with Crippen molar-refractivity contribution in [3.05, 3.63) is 114 Å². The average Bonchev–Trinajstić information content (AvgIpc) is 3.38. The quantitative estimate of drug-likeness (QED) is 0.341. The van der Waals surface area contributed by atoms with Crippen LogP contribution in [0.1, 0.15) is 40.9 Å². The van der Waals surface area contributed by atoms with Crippen LogP contribution in [0.15, 0.2) is 102 Å². The van der Waals surface area contributed by atoms with E-state index < -0.39 is 0 Å². The maximum atomic E-state index is 13.3. The molecule has 6 nitrogen and oxygen atoms in total. The molecule has 0 fully saturated rings. The SMILES string of the molecule is CCOC(=O)c1ccc(NCC(=O)N2N=C(c3ccc4ccccc4c3)C[C@H]2c2ccccc2)cc1. The number of amides is 1. The van der Waals surface area contributed by atoms with E-state index in [1.807, 2.05) is 42.5 Å². The van der Waals surface area contributed by atoms with E-state index in [9.17, 15) is 9.59 Å². The molecule has 0 aromatic heterocycles. The van der Waals surface area contributed by atoms with Crippen molar-refractivity contribution in [2.45, 2.75) is 19.4 Å². The van der Waals surface area contributed by atoms with Gasteiger partial charge >= 0.3 is 5.97 Å². The Labute approximate surface area is 210 Å². The summed E-state index contributed by atoms with van der Waals surface area (Å²) in [4.78, 5) is 25.2. The van der Waals surface area contributed by atoms with Gasteiger partial charge in [-0.2, -0.15) is 5.10 Å². The van der Waals surface area contributed by atoms with Crippen molar-refractivity contribution in [2.24, 2.45) is 5.10 Å². The lowest BCUT2D eigenvalue weighted by molar-refractivity contribution is -0.131. The summed E-state index contributed by atoms with van der Waals surface area (Å²) < 4.78 is 5.02. The monoisotopic (exact) mass is 477 g/mol. The zero-order chi connectivity index (χ0) is 24.9. The van der Waals surface area contributed by atoms with E-state index in [0.29, 0.717) is 18.6 Å². The number of carbonyl (C=O) groups excluding carboxylic acids is 2. The summed E-state index contributed by atoms with van der Waals surface area (Å²) in [5.74, 6) is -0.493. The zero-order valence-electron chi connectivity index (χ0n) is 20.1. The normalized spacial score (nSPS) is 15.0. The van der Waals surface area contributed by atoms with Crippen LogP contribution in [0.5, 0.6) is 0 Å². The summed E-state index contributed by atoms with van der Waals surface area (Å²) in [5, 5.41) is 11.9. The highest BCUT2D eigenvalue weighted by Crippen LogP contribution is 2.33. The number of nitrogens with one attached hydrogen (secondary N) is 1. The van der Waals surface area contributed by atoms with E-state index in [4.69, 9.17) is 9.84 Å². The van der Waals surface area contributed by atoms with Gasteiger partial charge in [-0.25, -0.2) is 9.80 Å². The van der Waals surface area contributed by atoms with Gasteiger partial charge in [-0.05, 0) is 59.2 Å². The molecule has 1 aliphatic rings. The van der Waals surface area contributed by atoms with Gasteiger partial charge < -0.3 is 10.1 Å². The summed E-state index contributed by atoms with van der Waals surface area (Å²) in [7, 11) is 0. The largest absolute Gasteiger partial charge is 0.462 e. The standard InChI is InChI=1S/C30H27N3O3/c1-2-36-30(35)23-14-16-26(17-15-23)31-20-29(34)33-28(22-9-4-3-5-10-22)19-27(32-33)25-13-12-21-8-6-7-11-24(21)18-25/h3-18,28,31H,2,19-20H2,1H3/t28-/m0/s1. The van der Waals surface area contributed by atoms with Crippen LogP contribution in [-0.4, -0.2) is 35.7 Å². The maximum Gasteiger partial charge on any atom is 0.338 e. The molecule has 0 unspecified atom stereocenters. The number of hydrogen-bond donors (Lipinski definition) is 1. The summed E-state index contributed by atoms with van der Waals surface area (Å²) >= 11 is 0. The van der Waals surface area contributed by atoms with E-state index in [-0.39, 0.29) is 24.5 Å². The maximum absolute atomic E-state index is 13.3. The number of carbonyl (C=O) groups is 2. The number of ether oxygens (including phenoxy) is 1. The highest BCUT2D eigenvalue weighted by Gasteiger charge is 2.32. The molecule has 0 bridgehead atoms. The Morgan fingerprint density at radius 3 is 2.39 bits per heavy atom. The highest BCUT2D eigenvalue weighted by molar-refractivity contribution is 6.05. The van der Waals surface area contributed by atoms with Crippen LogP contribution < -0.4 is 5.32 Å². The van der Waals surface area contributed by atoms with Gasteiger partial charge in [-0.15, -0.1) is 0 Å². The molecule has 0 aliphatic carbocycles. The van der Waals surface area contributed by atoms with Crippen molar-refractivity contribution in [2.75, 3.05) is 18.5 Å². The topological polar surface area (TPSA) is 71.0 Å².